The van der Waals surface area contributed by atoms with Gasteiger partial charge in [0.2, 0.25) is 0 Å². The predicted molar refractivity (Wildman–Crippen MR) is 98.2 cm³/mol. The normalized spacial score (nSPS) is 11.7. The van der Waals surface area contributed by atoms with Crippen molar-refractivity contribution in [2.24, 2.45) is 0 Å². The third-order valence-electron chi connectivity index (χ3n) is 3.06. The number of carbonyl (C=O) groups is 2. The van der Waals surface area contributed by atoms with Crippen molar-refractivity contribution in [2.75, 3.05) is 24.4 Å². The molecule has 0 radical (unpaired) electrons. The number of carboxylic acid groups (broad SMARTS) is 1. The lowest BCUT2D eigenvalue weighted by Gasteiger charge is -2.25. The van der Waals surface area contributed by atoms with E-state index in [0.29, 0.717) is 11.3 Å². The molecule has 1 rings (SSSR count). The Labute approximate surface area is 148 Å². The Bertz CT molecular complexity index is 607. The summed E-state index contributed by atoms with van der Waals surface area (Å²) in [6, 6.07) is 3.08. The number of benzene rings is 1. The van der Waals surface area contributed by atoms with E-state index in [9.17, 15) is 14.7 Å². The van der Waals surface area contributed by atoms with Gasteiger partial charge in [-0.3, -0.25) is 5.32 Å². The largest absolute Gasteiger partial charge is 0.478 e. The van der Waals surface area contributed by atoms with E-state index in [4.69, 9.17) is 4.74 Å². The number of nitrogens with zero attached hydrogens (tertiary/aromatic N) is 1. The molecule has 7 nitrogen and oxygen atoms in total. The quantitative estimate of drug-likeness (QED) is 0.201. The van der Waals surface area contributed by atoms with E-state index in [1.165, 1.54) is 6.07 Å². The molecule has 0 fully saturated rings. The van der Waals surface area contributed by atoms with Gasteiger partial charge in [0.15, 0.2) is 0 Å². The van der Waals surface area contributed by atoms with Gasteiger partial charge in [0.25, 0.3) is 0 Å². The number of amides is 1. The smallest absolute Gasteiger partial charge is 0.411 e. The van der Waals surface area contributed by atoms with Crippen molar-refractivity contribution in [3.63, 3.8) is 0 Å². The third-order valence-corrected chi connectivity index (χ3v) is 4.40. The number of hydrazine groups is 1. The molecule has 0 saturated carbocycles. The van der Waals surface area contributed by atoms with Crippen molar-refractivity contribution in [2.45, 2.75) is 17.9 Å². The highest BCUT2D eigenvalue weighted by Crippen LogP contribution is 2.29. The van der Waals surface area contributed by atoms with Crippen LogP contribution in [0.25, 0.3) is 0 Å². The highest BCUT2D eigenvalue weighted by Gasteiger charge is 2.19. The number of aromatic carboxylic acids is 1. The van der Waals surface area contributed by atoms with E-state index >= 15 is 0 Å². The first-order valence-electron chi connectivity index (χ1n) is 6.88. The molecule has 0 heterocycles. The summed E-state index contributed by atoms with van der Waals surface area (Å²) in [6.45, 7) is 7.31. The Morgan fingerprint density at radius 1 is 1.52 bits per heavy atom. The molecule has 1 amide bonds. The molecule has 0 bridgehead atoms. The molecule has 1 atom stereocenters. The maximum atomic E-state index is 11.7. The van der Waals surface area contributed by atoms with Crippen LogP contribution in [-0.2, 0) is 4.74 Å². The van der Waals surface area contributed by atoms with E-state index in [2.05, 4.69) is 39.9 Å². The van der Waals surface area contributed by atoms with E-state index in [-0.39, 0.29) is 21.9 Å². The third kappa shape index (κ3) is 5.10. The first-order chi connectivity index (χ1) is 10.8. The fraction of sp³-hybridized carbons (Fsp3) is 0.333. The van der Waals surface area contributed by atoms with Crippen LogP contribution >= 0.6 is 22.6 Å². The second-order valence-electron chi connectivity index (χ2n) is 4.64. The first-order valence-corrected chi connectivity index (χ1v) is 8.13. The fourth-order valence-corrected chi connectivity index (χ4v) is 1.99. The zero-order valence-electron chi connectivity index (χ0n) is 13.2. The standard InChI is InChI=1S/C15H20IN3O4/c1-5-12(16)19(4)18-11-8-7-10(14(20)21)13(9(11)3)17-15(22)23-6-2/h5,7-8,12,18H,1,6H2,2-4H3,(H,17,22)(H,20,21). The number of alkyl halides is 1. The van der Waals surface area contributed by atoms with Crippen LogP contribution in [0.4, 0.5) is 16.2 Å². The number of rotatable bonds is 7. The molecule has 0 aromatic heterocycles. The molecular weight excluding hydrogens is 413 g/mol. The number of likely N-dealkylation sites (N-methyl/N-ethyl adjacent to an activating group) is 1. The number of carboxylic acids is 1. The summed E-state index contributed by atoms with van der Waals surface area (Å²) in [5, 5.41) is 13.6. The average Bonchev–Trinajstić information content (AvgIpc) is 2.50. The van der Waals surface area contributed by atoms with Crippen LogP contribution in [0, 0.1) is 6.92 Å². The minimum atomic E-state index is -1.13. The van der Waals surface area contributed by atoms with Crippen molar-refractivity contribution < 1.29 is 19.4 Å². The van der Waals surface area contributed by atoms with Crippen LogP contribution in [0.5, 0.6) is 0 Å². The first kappa shape index (κ1) is 19.2. The SMILES string of the molecule is C=CC(I)N(C)Nc1ccc(C(=O)O)c(NC(=O)OCC)c1C. The number of halogens is 1. The molecule has 0 spiro atoms. The predicted octanol–water partition coefficient (Wildman–Crippen LogP) is 3.47. The summed E-state index contributed by atoms with van der Waals surface area (Å²) in [4.78, 5) is 23.0. The zero-order chi connectivity index (χ0) is 17.6. The molecule has 8 heteroatoms. The Hall–Kier alpha value is -1.81. The van der Waals surface area contributed by atoms with E-state index < -0.39 is 12.1 Å². The van der Waals surface area contributed by atoms with Gasteiger partial charge in [-0.05, 0) is 31.5 Å². The molecule has 0 aliphatic rings. The number of hydrogen-bond acceptors (Lipinski definition) is 5. The summed E-state index contributed by atoms with van der Waals surface area (Å²) in [5.74, 6) is -1.13. The molecule has 0 aliphatic heterocycles. The van der Waals surface area contributed by atoms with Crippen molar-refractivity contribution in [3.8, 4) is 0 Å². The second-order valence-corrected chi connectivity index (χ2v) is 5.92. The van der Waals surface area contributed by atoms with Crippen molar-refractivity contribution in [1.29, 1.82) is 0 Å². The molecule has 1 unspecified atom stereocenters. The number of nitrogens with one attached hydrogen (secondary N) is 2. The van der Waals surface area contributed by atoms with Crippen LogP contribution in [0.3, 0.4) is 0 Å². The highest BCUT2D eigenvalue weighted by molar-refractivity contribution is 14.1. The van der Waals surface area contributed by atoms with Gasteiger partial charge >= 0.3 is 12.1 Å². The van der Waals surface area contributed by atoms with Gasteiger partial charge in [0.05, 0.1) is 27.6 Å². The van der Waals surface area contributed by atoms with Gasteiger partial charge in [-0.15, -0.1) is 6.58 Å². The molecule has 23 heavy (non-hydrogen) atoms. The van der Waals surface area contributed by atoms with Crippen molar-refractivity contribution >= 4 is 46.0 Å². The van der Waals surface area contributed by atoms with Crippen LogP contribution in [0.15, 0.2) is 24.8 Å². The number of carbonyl (C=O) groups excluding carboxylic acids is 1. The maximum absolute atomic E-state index is 11.7. The Balaban J connectivity index is 3.18. The lowest BCUT2D eigenvalue weighted by molar-refractivity contribution is 0.0698. The van der Waals surface area contributed by atoms with Crippen LogP contribution in [0.1, 0.15) is 22.8 Å². The lowest BCUT2D eigenvalue weighted by Crippen LogP contribution is -2.31. The molecule has 1 aromatic rings. The summed E-state index contributed by atoms with van der Waals surface area (Å²) in [7, 11) is 1.84. The molecule has 0 saturated heterocycles. The minimum absolute atomic E-state index is 0.00139. The monoisotopic (exact) mass is 433 g/mol. The van der Waals surface area contributed by atoms with E-state index in [0.717, 1.165) is 0 Å². The van der Waals surface area contributed by atoms with Crippen molar-refractivity contribution in [3.05, 3.63) is 35.9 Å². The molecule has 1 aromatic carbocycles. The zero-order valence-corrected chi connectivity index (χ0v) is 15.4. The lowest BCUT2D eigenvalue weighted by atomic mass is 10.1. The van der Waals surface area contributed by atoms with Gasteiger partial charge in [-0.1, -0.05) is 28.7 Å². The van der Waals surface area contributed by atoms with Crippen LogP contribution in [-0.4, -0.2) is 39.9 Å². The molecule has 3 N–H and O–H groups in total. The molecule has 0 aliphatic carbocycles. The topological polar surface area (TPSA) is 90.9 Å². The molecular formula is C15H20IN3O4. The number of ether oxygens (including phenoxy) is 1. The Morgan fingerprint density at radius 3 is 2.70 bits per heavy atom. The summed E-state index contributed by atoms with van der Waals surface area (Å²) in [6.07, 6.45) is 1.06. The maximum Gasteiger partial charge on any atom is 0.411 e. The van der Waals surface area contributed by atoms with E-state index in [1.807, 2.05) is 12.1 Å². The fourth-order valence-electron chi connectivity index (χ4n) is 1.85. The van der Waals surface area contributed by atoms with Gasteiger partial charge < -0.3 is 15.3 Å². The summed E-state index contributed by atoms with van der Waals surface area (Å²) >= 11 is 2.19. The Morgan fingerprint density at radius 2 is 2.17 bits per heavy atom. The summed E-state index contributed by atoms with van der Waals surface area (Å²) < 4.78 is 4.86. The van der Waals surface area contributed by atoms with Gasteiger partial charge in [-0.2, -0.15) is 0 Å². The Kier molecular flexibility index (Phi) is 7.30. The van der Waals surface area contributed by atoms with Crippen LogP contribution in [0.2, 0.25) is 0 Å². The van der Waals surface area contributed by atoms with Crippen LogP contribution < -0.4 is 10.7 Å². The highest BCUT2D eigenvalue weighted by atomic mass is 127. The minimum Gasteiger partial charge on any atom is -0.478 e. The number of anilines is 2. The van der Waals surface area contributed by atoms with Gasteiger partial charge in [-0.25, -0.2) is 14.6 Å². The number of hydrogen-bond donors (Lipinski definition) is 3. The van der Waals surface area contributed by atoms with Gasteiger partial charge in [0.1, 0.15) is 0 Å². The van der Waals surface area contributed by atoms with Crippen molar-refractivity contribution in [1.82, 2.24) is 5.01 Å². The summed E-state index contributed by atoms with van der Waals surface area (Å²) in [5.41, 5.74) is 4.62. The second kappa shape index (κ2) is 8.73. The van der Waals surface area contributed by atoms with E-state index in [1.54, 1.807) is 26.0 Å². The average molecular weight is 433 g/mol. The molecule has 126 valence electrons. The van der Waals surface area contributed by atoms with Gasteiger partial charge in [0, 0.05) is 7.05 Å².